The highest BCUT2D eigenvalue weighted by atomic mass is 32.2. The fraction of sp³-hybridized carbons (Fsp3) is 0.417. The molecule has 0 aliphatic carbocycles. The molecule has 1 aliphatic rings. The Hall–Kier alpha value is -2.08. The molecule has 0 radical (unpaired) electrons. The Labute approximate surface area is 130 Å². The summed E-state index contributed by atoms with van der Waals surface area (Å²) >= 11 is 0. The summed E-state index contributed by atoms with van der Waals surface area (Å²) in [5.41, 5.74) is -0.602. The van der Waals surface area contributed by atoms with Crippen molar-refractivity contribution < 1.29 is 33.1 Å². The molecule has 1 aromatic rings. The predicted molar refractivity (Wildman–Crippen MR) is 75.2 cm³/mol. The van der Waals surface area contributed by atoms with E-state index >= 15 is 0 Å². The summed E-state index contributed by atoms with van der Waals surface area (Å²) in [4.78, 5) is 20.3. The van der Waals surface area contributed by atoms with E-state index in [0.717, 1.165) is 12.1 Å². The van der Waals surface area contributed by atoms with Crippen LogP contribution in [0.4, 0.5) is 5.69 Å². The minimum atomic E-state index is -4.29. The second-order valence-corrected chi connectivity index (χ2v) is 6.60. The summed E-state index contributed by atoms with van der Waals surface area (Å²) in [5.74, 6) is -1.26. The number of hydrogen-bond donors (Lipinski definition) is 3. The van der Waals surface area contributed by atoms with Gasteiger partial charge >= 0.3 is 5.97 Å². The number of benzene rings is 1. The van der Waals surface area contributed by atoms with E-state index in [1.165, 1.54) is 12.1 Å². The normalized spacial score (nSPS) is 25.0. The van der Waals surface area contributed by atoms with Gasteiger partial charge in [-0.25, -0.2) is 17.9 Å². The lowest BCUT2D eigenvalue weighted by Gasteiger charge is -2.31. The van der Waals surface area contributed by atoms with E-state index in [2.05, 4.69) is 4.72 Å². The Morgan fingerprint density at radius 1 is 1.39 bits per heavy atom. The van der Waals surface area contributed by atoms with E-state index in [4.69, 9.17) is 9.84 Å². The minimum absolute atomic E-state index is 0.292. The number of nitrogens with one attached hydrogen (secondary N) is 1. The van der Waals surface area contributed by atoms with Crippen LogP contribution in [-0.2, 0) is 19.6 Å². The summed E-state index contributed by atoms with van der Waals surface area (Å²) in [6.07, 6.45) is -2.81. The van der Waals surface area contributed by atoms with Crippen LogP contribution in [0.15, 0.2) is 29.2 Å². The van der Waals surface area contributed by atoms with E-state index in [-0.39, 0.29) is 13.0 Å². The second kappa shape index (κ2) is 6.58. The molecule has 1 fully saturated rings. The van der Waals surface area contributed by atoms with Crippen LogP contribution in [0.5, 0.6) is 0 Å². The van der Waals surface area contributed by atoms with E-state index in [0.29, 0.717) is 0 Å². The first-order valence-electron chi connectivity index (χ1n) is 6.50. The van der Waals surface area contributed by atoms with E-state index < -0.39 is 49.7 Å². The first-order valence-corrected chi connectivity index (χ1v) is 7.99. The molecule has 11 heteroatoms. The molecular weight excluding hydrogens is 332 g/mol. The number of sulfonamides is 1. The minimum Gasteiger partial charge on any atom is -0.479 e. The molecular formula is C12H14N2O8S. The van der Waals surface area contributed by atoms with Gasteiger partial charge in [-0.1, -0.05) is 12.1 Å². The van der Waals surface area contributed by atoms with Gasteiger partial charge in [-0.3, -0.25) is 10.1 Å². The van der Waals surface area contributed by atoms with Gasteiger partial charge in [0.25, 0.3) is 5.69 Å². The van der Waals surface area contributed by atoms with Gasteiger partial charge in [-0.2, -0.15) is 0 Å². The fourth-order valence-corrected chi connectivity index (χ4v) is 3.59. The summed E-state index contributed by atoms with van der Waals surface area (Å²) in [7, 11) is -4.29. The molecule has 0 saturated carbocycles. The van der Waals surface area contributed by atoms with E-state index in [1.54, 1.807) is 0 Å². The monoisotopic (exact) mass is 346 g/mol. The third-order valence-corrected chi connectivity index (χ3v) is 4.87. The number of aliphatic hydroxyl groups excluding tert-OH is 1. The molecule has 3 unspecified atom stereocenters. The van der Waals surface area contributed by atoms with Crippen molar-refractivity contribution in [2.45, 2.75) is 29.6 Å². The summed E-state index contributed by atoms with van der Waals surface area (Å²) in [5, 5.41) is 29.6. The third-order valence-electron chi connectivity index (χ3n) is 3.33. The van der Waals surface area contributed by atoms with Crippen LogP contribution in [0.2, 0.25) is 0 Å². The van der Waals surface area contributed by atoms with Crippen molar-refractivity contribution in [3.8, 4) is 0 Å². The molecule has 23 heavy (non-hydrogen) atoms. The summed E-state index contributed by atoms with van der Waals surface area (Å²) in [6.45, 7) is -0.363. The molecule has 10 nitrogen and oxygen atoms in total. The number of aliphatic hydroxyl groups is 1. The molecule has 3 atom stereocenters. The van der Waals surface area contributed by atoms with Gasteiger partial charge in [0, 0.05) is 12.5 Å². The first kappa shape index (κ1) is 17.3. The second-order valence-electron chi connectivity index (χ2n) is 4.92. The van der Waals surface area contributed by atoms with Crippen molar-refractivity contribution in [1.29, 1.82) is 0 Å². The van der Waals surface area contributed by atoms with Crippen molar-refractivity contribution >= 4 is 21.7 Å². The Bertz CT molecular complexity index is 720. The molecule has 0 amide bonds. The zero-order valence-corrected chi connectivity index (χ0v) is 12.5. The molecule has 1 aliphatic heterocycles. The molecule has 1 aromatic carbocycles. The highest BCUT2D eigenvalue weighted by molar-refractivity contribution is 7.89. The SMILES string of the molecule is O=C(O)C1CC(O)C(NS(=O)(=O)c2ccccc2[N+](=O)[O-])CO1. The van der Waals surface area contributed by atoms with E-state index in [1.807, 2.05) is 0 Å². The molecule has 2 rings (SSSR count). The fourth-order valence-electron chi connectivity index (χ4n) is 2.17. The Morgan fingerprint density at radius 2 is 2.04 bits per heavy atom. The zero-order chi connectivity index (χ0) is 17.2. The maximum Gasteiger partial charge on any atom is 0.332 e. The van der Waals surface area contributed by atoms with Gasteiger partial charge in [0.15, 0.2) is 11.0 Å². The number of rotatable bonds is 5. The topological polar surface area (TPSA) is 156 Å². The Morgan fingerprint density at radius 3 is 2.61 bits per heavy atom. The number of hydrogen-bond acceptors (Lipinski definition) is 7. The molecule has 0 aromatic heterocycles. The van der Waals surface area contributed by atoms with Crippen LogP contribution in [0, 0.1) is 10.1 Å². The van der Waals surface area contributed by atoms with Gasteiger partial charge in [-0.15, -0.1) is 0 Å². The van der Waals surface area contributed by atoms with Crippen LogP contribution in [-0.4, -0.2) is 54.4 Å². The quantitative estimate of drug-likeness (QED) is 0.475. The number of nitrogens with zero attached hydrogens (tertiary/aromatic N) is 1. The van der Waals surface area contributed by atoms with Crippen molar-refractivity contribution in [2.24, 2.45) is 0 Å². The number of ether oxygens (including phenoxy) is 1. The van der Waals surface area contributed by atoms with Gasteiger partial charge < -0.3 is 14.9 Å². The van der Waals surface area contributed by atoms with Crippen molar-refractivity contribution in [1.82, 2.24) is 4.72 Å². The lowest BCUT2D eigenvalue weighted by atomic mass is 10.0. The van der Waals surface area contributed by atoms with Gasteiger partial charge in [-0.05, 0) is 6.07 Å². The third kappa shape index (κ3) is 3.82. The number of carboxylic acids is 1. The number of para-hydroxylation sites is 1. The molecule has 1 saturated heterocycles. The zero-order valence-electron chi connectivity index (χ0n) is 11.7. The first-order chi connectivity index (χ1) is 10.7. The Kier molecular flexibility index (Phi) is 4.94. The van der Waals surface area contributed by atoms with Gasteiger partial charge in [0.05, 0.1) is 23.7 Å². The van der Waals surface area contributed by atoms with Crippen molar-refractivity contribution in [3.05, 3.63) is 34.4 Å². The summed E-state index contributed by atoms with van der Waals surface area (Å²) in [6, 6.07) is 3.66. The van der Waals surface area contributed by atoms with Gasteiger partial charge in [0.1, 0.15) is 0 Å². The van der Waals surface area contributed by atoms with Crippen LogP contribution >= 0.6 is 0 Å². The van der Waals surface area contributed by atoms with Gasteiger partial charge in [0.2, 0.25) is 10.0 Å². The average molecular weight is 346 g/mol. The maximum atomic E-state index is 12.3. The molecule has 3 N–H and O–H groups in total. The number of nitro groups is 1. The standard InChI is InChI=1S/C12H14N2O8S/c15-9-5-10(12(16)17)22-6-7(9)13-23(20,21)11-4-2-1-3-8(11)14(18)19/h1-4,7,9-10,13,15H,5-6H2,(H,16,17). The number of carbonyl (C=O) groups is 1. The highest BCUT2D eigenvalue weighted by Crippen LogP contribution is 2.24. The Balaban J connectivity index is 2.20. The number of carboxylic acid groups (broad SMARTS) is 1. The van der Waals surface area contributed by atoms with Crippen LogP contribution in [0.25, 0.3) is 0 Å². The van der Waals surface area contributed by atoms with Crippen LogP contribution < -0.4 is 4.72 Å². The summed E-state index contributed by atoms with van der Waals surface area (Å²) < 4.78 is 31.7. The number of nitro benzene ring substituents is 1. The molecule has 0 bridgehead atoms. The predicted octanol–water partition coefficient (Wildman–Crippen LogP) is -0.524. The molecule has 126 valence electrons. The van der Waals surface area contributed by atoms with Crippen molar-refractivity contribution in [2.75, 3.05) is 6.61 Å². The smallest absolute Gasteiger partial charge is 0.332 e. The average Bonchev–Trinajstić information content (AvgIpc) is 2.49. The van der Waals surface area contributed by atoms with E-state index in [9.17, 15) is 28.4 Å². The largest absolute Gasteiger partial charge is 0.479 e. The number of aliphatic carboxylic acids is 1. The van der Waals surface area contributed by atoms with Crippen LogP contribution in [0.3, 0.4) is 0 Å². The lowest BCUT2D eigenvalue weighted by Crippen LogP contribution is -2.53. The maximum absolute atomic E-state index is 12.3. The van der Waals surface area contributed by atoms with Crippen molar-refractivity contribution in [3.63, 3.8) is 0 Å². The molecule has 0 spiro atoms. The highest BCUT2D eigenvalue weighted by Gasteiger charge is 2.37. The van der Waals surface area contributed by atoms with Crippen LogP contribution in [0.1, 0.15) is 6.42 Å². The molecule has 1 heterocycles. The lowest BCUT2D eigenvalue weighted by molar-refractivity contribution is -0.387.